The van der Waals surface area contributed by atoms with Crippen LogP contribution in [0.5, 0.6) is 5.75 Å². The first-order valence-electron chi connectivity index (χ1n) is 29.7. The Balaban J connectivity index is 0.667. The van der Waals surface area contributed by atoms with Crippen LogP contribution in [0.25, 0.3) is 66.7 Å². The maximum absolute atomic E-state index is 14.1. The van der Waals surface area contributed by atoms with Gasteiger partial charge in [0.25, 0.3) is 5.91 Å². The molecule has 1 saturated heterocycles. The van der Waals surface area contributed by atoms with E-state index in [1.54, 1.807) is 59.3 Å². The molecule has 514 valence electrons. The van der Waals surface area contributed by atoms with Crippen molar-refractivity contribution in [2.75, 3.05) is 44.8 Å². The zero-order valence-electron chi connectivity index (χ0n) is 51.7. The van der Waals surface area contributed by atoms with Gasteiger partial charge in [-0.2, -0.15) is 12.9 Å². The van der Waals surface area contributed by atoms with Crippen molar-refractivity contribution in [3.05, 3.63) is 141 Å². The molecule has 5 aliphatic rings. The van der Waals surface area contributed by atoms with Crippen molar-refractivity contribution in [1.29, 1.82) is 0 Å². The van der Waals surface area contributed by atoms with Crippen molar-refractivity contribution in [3.63, 3.8) is 0 Å². The van der Waals surface area contributed by atoms with Crippen LogP contribution < -0.4 is 42.4 Å². The lowest BCUT2D eigenvalue weighted by Crippen LogP contribution is -2.29. The molecule has 5 aromatic rings. The van der Waals surface area contributed by atoms with E-state index >= 15 is 0 Å². The molecule has 0 spiro atoms. The fraction of sp³-hybridized carbons (Fsp3) is 0.262. The molecule has 0 saturated carbocycles. The fourth-order valence-corrected chi connectivity index (χ4v) is 15.2. The number of carboxylic acids is 1. The van der Waals surface area contributed by atoms with Crippen LogP contribution in [0.1, 0.15) is 89.4 Å². The van der Waals surface area contributed by atoms with Gasteiger partial charge in [0.2, 0.25) is 23.1 Å². The van der Waals surface area contributed by atoms with E-state index in [-0.39, 0.29) is 103 Å². The van der Waals surface area contributed by atoms with Crippen LogP contribution in [-0.2, 0) is 61.4 Å². The van der Waals surface area contributed by atoms with Crippen LogP contribution in [0.2, 0.25) is 0 Å². The Morgan fingerprint density at radius 1 is 0.776 bits per heavy atom. The predicted molar refractivity (Wildman–Crippen MR) is 349 cm³/mol. The van der Waals surface area contributed by atoms with E-state index in [4.69, 9.17) is 33.6 Å². The number of ether oxygens (including phenoxy) is 1. The quantitative estimate of drug-likeness (QED) is 0.00870. The van der Waals surface area contributed by atoms with E-state index in [1.807, 2.05) is 30.8 Å². The molecular weight excluding hydrogens is 1370 g/mol. The normalized spacial score (nSPS) is 15.8. The Labute approximate surface area is 554 Å². The van der Waals surface area contributed by atoms with Crippen LogP contribution in [0, 0.1) is 11.8 Å². The fourth-order valence-electron chi connectivity index (χ4n) is 10.7. The van der Waals surface area contributed by atoms with Crippen molar-refractivity contribution in [2.24, 2.45) is 0 Å². The number of phosphoric ester groups is 1. The number of amides is 4. The highest BCUT2D eigenvalue weighted by Gasteiger charge is 2.45. The molecule has 33 nitrogen and oxygen atoms in total. The number of nitrogen functional groups attached to an aromatic ring is 1. The third-order valence-electron chi connectivity index (χ3n) is 15.2. The number of aromatic carboxylic acids is 1. The summed E-state index contributed by atoms with van der Waals surface area (Å²) in [6.45, 7) is -0.775. The van der Waals surface area contributed by atoms with Crippen molar-refractivity contribution >= 4 is 105 Å². The number of para-hydroxylation sites is 1. The van der Waals surface area contributed by atoms with Gasteiger partial charge in [0.1, 0.15) is 61.0 Å². The lowest BCUT2D eigenvalue weighted by atomic mass is 9.89. The minimum atomic E-state index is -6.01. The van der Waals surface area contributed by atoms with Crippen molar-refractivity contribution in [1.82, 2.24) is 35.1 Å². The topological polar surface area (TPSA) is 493 Å². The largest absolute Gasteiger partial charge is 0.508 e. The molecule has 4 amide bonds. The van der Waals surface area contributed by atoms with E-state index < -0.39 is 79.3 Å². The van der Waals surface area contributed by atoms with Crippen molar-refractivity contribution < 1.29 is 108 Å². The minimum absolute atomic E-state index is 0.00599. The summed E-state index contributed by atoms with van der Waals surface area (Å²) in [6, 6.07) is 24.0. The molecule has 5 atom stereocenters. The maximum Gasteiger partial charge on any atom is 0.490 e. The van der Waals surface area contributed by atoms with Crippen LogP contribution in [0.3, 0.4) is 0 Å². The molecule has 10 rings (SSSR count). The average molecular weight is 1430 g/mol. The highest BCUT2D eigenvalue weighted by Crippen LogP contribution is 2.70. The van der Waals surface area contributed by atoms with Gasteiger partial charge in [-0.05, 0) is 85.8 Å². The molecule has 2 aliphatic carbocycles. The molecule has 0 radical (unpaired) electrons. The molecular formula is C61H62N9O24P4+. The van der Waals surface area contributed by atoms with Gasteiger partial charge >= 0.3 is 37.3 Å². The molecule has 98 heavy (non-hydrogen) atoms. The van der Waals surface area contributed by atoms with Crippen LogP contribution in [-0.4, -0.2) is 119 Å². The van der Waals surface area contributed by atoms with Gasteiger partial charge in [-0.15, -0.1) is 0 Å². The standard InChI is InChI=1S/C61H61N9O24P4/c1-69(2)38-14-18-42-48(28-38)90-49-29-39(71)15-19-43(49)55(42)41-17-12-36(27-44(41)61(77)78)60(76)68-46-10-6-8-34-26-35-13-20-47(72)45(56(35)91-57(34)46)30-65-52(75)22-21-51(74)63-24-5-3-4-11-50(73)64-25-7-9-37-31-70(59-54(37)58(62)66-33-67-59)53-23-16-40(89-53)32-88-96(82,83)93-98(86,87)94-97(84,85)92-95(79,80)81/h6,8,10,12-15,17-20,26-29,31,33,40,53H,3-5,11,16,21-25,30,32H2,1-2H3,(H12,62,63,64,65,66,67,68,73,74,75,76,77,78,79,80,81,82,83,84,85,86,87)/p+1/t40-,53+/m0/s1. The molecule has 3 unspecified atom stereocenters. The number of hydrogen-bond donors (Lipinski definition) is 12. The molecule has 37 heteroatoms. The Morgan fingerprint density at radius 2 is 1.51 bits per heavy atom. The summed E-state index contributed by atoms with van der Waals surface area (Å²) < 4.78 is 84.5. The average Bonchev–Trinajstić information content (AvgIpc) is 1.04. The van der Waals surface area contributed by atoms with Crippen LogP contribution in [0.15, 0.2) is 117 Å². The molecule has 5 heterocycles. The van der Waals surface area contributed by atoms with Gasteiger partial charge in [-0.25, -0.2) is 37.6 Å². The maximum atomic E-state index is 14.1. The van der Waals surface area contributed by atoms with Crippen molar-refractivity contribution in [3.8, 4) is 51.4 Å². The predicted octanol–water partition coefficient (Wildman–Crippen LogP) is 6.81. The number of benzene rings is 5. The third-order valence-corrected chi connectivity index (χ3v) is 20.6. The second kappa shape index (κ2) is 29.8. The van der Waals surface area contributed by atoms with E-state index in [2.05, 4.69) is 56.0 Å². The van der Waals surface area contributed by atoms with Gasteiger partial charge in [-0.3, -0.25) is 28.5 Å². The molecule has 0 bridgehead atoms. The first-order valence-corrected chi connectivity index (χ1v) is 35.7. The zero-order valence-corrected chi connectivity index (χ0v) is 55.3. The van der Waals surface area contributed by atoms with Gasteiger partial charge in [-0.1, -0.05) is 36.5 Å². The summed E-state index contributed by atoms with van der Waals surface area (Å²) in [4.78, 5) is 133. The second-order valence-corrected chi connectivity index (χ2v) is 28.3. The molecule has 1 fully saturated rings. The number of phenols is 1. The molecule has 3 aromatic carbocycles. The number of carbonyl (C=O) groups excluding carboxylic acids is 4. The number of nitrogens with zero attached hydrogens (tertiary/aromatic N) is 4. The summed E-state index contributed by atoms with van der Waals surface area (Å²) in [5, 5.41) is 34.2. The summed E-state index contributed by atoms with van der Waals surface area (Å²) >= 11 is 0. The number of rotatable bonds is 26. The Bertz CT molecular complexity index is 5000. The monoisotopic (exact) mass is 1430 g/mol. The van der Waals surface area contributed by atoms with E-state index in [0.717, 1.165) is 5.36 Å². The number of phenolic OH excluding ortho intramolecular Hbond substituents is 1. The van der Waals surface area contributed by atoms with E-state index in [9.17, 15) is 71.9 Å². The molecule has 13 N–H and O–H groups in total. The lowest BCUT2D eigenvalue weighted by Gasteiger charge is -2.19. The number of nitrogens with two attached hydrogens (primary N) is 1. The molecule has 3 aliphatic heterocycles. The summed E-state index contributed by atoms with van der Waals surface area (Å²) in [6.07, 6.45) is 2.83. The summed E-state index contributed by atoms with van der Waals surface area (Å²) in [7, 11) is -19.5. The number of aromatic nitrogens is 3. The SMILES string of the molecule is C[N+](C)=c1ccc2c(-c3ccc(C(=O)Nc4cccc5cc6ccc(=O)c(CNC(=O)CCC(=O)NCCCCCC(=O)NCC#Cc7cn([C@H]8CC[C@@H](COP(=O)(O)OP(=O)(O)OP(=O)(O)OP(=O)(O)O)O8)c8ncnc(N)c78)c-6oc45)cc3C(=O)O)c3ccc(O)cc3oc-2c1. The summed E-state index contributed by atoms with van der Waals surface area (Å²) in [5.41, 5.74) is 8.94. The smallest absolute Gasteiger partial charge is 0.490 e. The van der Waals surface area contributed by atoms with Crippen molar-refractivity contribution in [2.45, 2.75) is 70.2 Å². The second-order valence-electron chi connectivity index (χ2n) is 22.3. The first kappa shape index (κ1) is 71.5. The zero-order chi connectivity index (χ0) is 70.4. The number of nitrogens with one attached hydrogen (secondary N) is 4. The highest BCUT2D eigenvalue weighted by atomic mass is 31.3. The van der Waals surface area contributed by atoms with Crippen LogP contribution >= 0.6 is 31.3 Å². The van der Waals surface area contributed by atoms with Crippen LogP contribution in [0.4, 0.5) is 11.5 Å². The highest BCUT2D eigenvalue weighted by molar-refractivity contribution is 7.69. The Morgan fingerprint density at radius 3 is 2.27 bits per heavy atom. The van der Waals surface area contributed by atoms with E-state index in [0.29, 0.717) is 80.2 Å². The number of aromatic hydroxyl groups is 1. The molecule has 2 aromatic heterocycles. The lowest BCUT2D eigenvalue weighted by molar-refractivity contribution is -0.126. The van der Waals surface area contributed by atoms with E-state index in [1.165, 1.54) is 36.7 Å². The van der Waals surface area contributed by atoms with Gasteiger partial charge in [0.05, 0.1) is 59.6 Å². The Kier molecular flexibility index (Phi) is 21.7. The number of fused-ring (bicyclic) bond motifs is 5. The Hall–Kier alpha value is -9.31. The third kappa shape index (κ3) is 17.7. The van der Waals surface area contributed by atoms with Gasteiger partial charge in [0, 0.05) is 77.2 Å². The number of anilines is 2. The number of phosphoric acid groups is 4. The number of carboxylic acid groups (broad SMARTS) is 1. The minimum Gasteiger partial charge on any atom is -0.508 e. The first-order chi connectivity index (χ1) is 46.4. The van der Waals surface area contributed by atoms with Gasteiger partial charge in [0.15, 0.2) is 11.0 Å². The number of unbranched alkanes of at least 4 members (excludes halogenated alkanes) is 2. The van der Waals surface area contributed by atoms with Gasteiger partial charge < -0.3 is 79.8 Å². The number of hydrogen-bond acceptors (Lipinski definition) is 21. The number of carbonyl (C=O) groups is 5. The summed E-state index contributed by atoms with van der Waals surface area (Å²) in [5.74, 6) is 3.18.